The highest BCUT2D eigenvalue weighted by Crippen LogP contribution is 2.22. The maximum absolute atomic E-state index is 4.57. The lowest BCUT2D eigenvalue weighted by Gasteiger charge is -2.17. The molecule has 3 rings (SSSR count). The summed E-state index contributed by atoms with van der Waals surface area (Å²) in [6, 6.07) is 8.73. The van der Waals surface area contributed by atoms with Gasteiger partial charge in [-0.25, -0.2) is 0 Å². The molecular formula is C18H25N5. The van der Waals surface area contributed by atoms with Crippen LogP contribution in [0.1, 0.15) is 51.0 Å². The van der Waals surface area contributed by atoms with Crippen LogP contribution in [0.4, 0.5) is 17.5 Å². The molecule has 2 aromatic rings. The van der Waals surface area contributed by atoms with E-state index in [1.54, 1.807) is 6.20 Å². The normalized spacial score (nSPS) is 15.9. The van der Waals surface area contributed by atoms with E-state index in [2.05, 4.69) is 38.8 Å². The lowest BCUT2D eigenvalue weighted by molar-refractivity contribution is 0.617. The van der Waals surface area contributed by atoms with E-state index in [4.69, 9.17) is 0 Å². The van der Waals surface area contributed by atoms with Gasteiger partial charge in [0.15, 0.2) is 5.82 Å². The van der Waals surface area contributed by atoms with Gasteiger partial charge in [-0.2, -0.15) is 10.1 Å². The molecule has 2 N–H and O–H groups in total. The molecular weight excluding hydrogens is 286 g/mol. The smallest absolute Gasteiger partial charge is 0.249 e. The zero-order valence-electron chi connectivity index (χ0n) is 13.8. The maximum atomic E-state index is 4.57. The Morgan fingerprint density at radius 1 is 1.09 bits per heavy atom. The van der Waals surface area contributed by atoms with Gasteiger partial charge in [0.2, 0.25) is 5.95 Å². The van der Waals surface area contributed by atoms with E-state index in [9.17, 15) is 0 Å². The molecule has 0 radical (unpaired) electrons. The van der Waals surface area contributed by atoms with Gasteiger partial charge in [0.25, 0.3) is 0 Å². The fourth-order valence-corrected chi connectivity index (χ4v) is 3.13. The average molecular weight is 311 g/mol. The molecule has 1 aliphatic carbocycles. The summed E-state index contributed by atoms with van der Waals surface area (Å²) in [6.07, 6.45) is 10.4. The van der Waals surface area contributed by atoms with Crippen molar-refractivity contribution in [2.75, 3.05) is 10.6 Å². The minimum atomic E-state index is 0.505. The molecule has 122 valence electrons. The van der Waals surface area contributed by atoms with E-state index < -0.39 is 0 Å². The molecule has 0 spiro atoms. The van der Waals surface area contributed by atoms with E-state index >= 15 is 0 Å². The molecule has 0 amide bonds. The van der Waals surface area contributed by atoms with E-state index in [-0.39, 0.29) is 0 Å². The lowest BCUT2D eigenvalue weighted by Crippen LogP contribution is -2.19. The topological polar surface area (TPSA) is 62.7 Å². The van der Waals surface area contributed by atoms with Crippen molar-refractivity contribution in [2.45, 2.75) is 57.9 Å². The highest BCUT2D eigenvalue weighted by atomic mass is 15.3. The number of benzene rings is 1. The molecule has 0 aliphatic heterocycles. The summed E-state index contributed by atoms with van der Waals surface area (Å²) in [7, 11) is 0. The largest absolute Gasteiger partial charge is 0.366 e. The number of rotatable bonds is 5. The van der Waals surface area contributed by atoms with Gasteiger partial charge in [-0.3, -0.25) is 0 Å². The van der Waals surface area contributed by atoms with Crippen molar-refractivity contribution in [1.82, 2.24) is 15.2 Å². The Morgan fingerprint density at radius 2 is 1.87 bits per heavy atom. The van der Waals surface area contributed by atoms with E-state index in [1.165, 1.54) is 44.1 Å². The summed E-state index contributed by atoms with van der Waals surface area (Å²) in [5.74, 6) is 1.35. The second-order valence-electron chi connectivity index (χ2n) is 6.13. The first kappa shape index (κ1) is 15.7. The summed E-state index contributed by atoms with van der Waals surface area (Å²) >= 11 is 0. The van der Waals surface area contributed by atoms with Gasteiger partial charge in [0.1, 0.15) is 0 Å². The first-order valence-corrected chi connectivity index (χ1v) is 8.66. The summed E-state index contributed by atoms with van der Waals surface area (Å²) < 4.78 is 0. The molecule has 1 aromatic heterocycles. The first-order valence-electron chi connectivity index (χ1n) is 8.66. The van der Waals surface area contributed by atoms with Gasteiger partial charge >= 0.3 is 0 Å². The fourth-order valence-electron chi connectivity index (χ4n) is 3.13. The van der Waals surface area contributed by atoms with Gasteiger partial charge in [-0.15, -0.1) is 5.10 Å². The maximum Gasteiger partial charge on any atom is 0.249 e. The van der Waals surface area contributed by atoms with Crippen LogP contribution in [0, 0.1) is 0 Å². The van der Waals surface area contributed by atoms with Crippen molar-refractivity contribution >= 4 is 17.5 Å². The highest BCUT2D eigenvalue weighted by Gasteiger charge is 2.13. The van der Waals surface area contributed by atoms with Crippen molar-refractivity contribution in [3.05, 3.63) is 36.0 Å². The van der Waals surface area contributed by atoms with Gasteiger partial charge in [0, 0.05) is 11.7 Å². The van der Waals surface area contributed by atoms with Crippen LogP contribution >= 0.6 is 0 Å². The monoisotopic (exact) mass is 311 g/mol. The number of nitrogens with zero attached hydrogens (tertiary/aromatic N) is 3. The lowest BCUT2D eigenvalue weighted by atomic mass is 10.1. The van der Waals surface area contributed by atoms with Gasteiger partial charge in [-0.1, -0.05) is 50.8 Å². The summed E-state index contributed by atoms with van der Waals surface area (Å²) in [4.78, 5) is 4.57. The Bertz CT molecular complexity index is 620. The van der Waals surface area contributed by atoms with Crippen molar-refractivity contribution in [1.29, 1.82) is 0 Å². The first-order chi connectivity index (χ1) is 11.3. The molecule has 0 atom stereocenters. The third-order valence-corrected chi connectivity index (χ3v) is 4.41. The number of hydrogen-bond donors (Lipinski definition) is 2. The van der Waals surface area contributed by atoms with E-state index in [0.717, 1.165) is 17.9 Å². The fraction of sp³-hybridized carbons (Fsp3) is 0.500. The summed E-state index contributed by atoms with van der Waals surface area (Å²) in [5, 5.41) is 15.0. The Kier molecular flexibility index (Phi) is 5.40. The molecule has 5 heteroatoms. The molecule has 0 bridgehead atoms. The van der Waals surface area contributed by atoms with E-state index in [0.29, 0.717) is 12.0 Å². The molecule has 1 saturated carbocycles. The van der Waals surface area contributed by atoms with Crippen molar-refractivity contribution < 1.29 is 0 Å². The standard InChI is InChI=1S/C18H25N5/c1-2-14-9-7-8-12-16(14)21-18-22-17(13-19-23-18)20-15-10-5-3-4-6-11-15/h7-9,12-13,15H,2-6,10-11H2,1H3,(H2,20,21,22,23). The van der Waals surface area contributed by atoms with Crippen LogP contribution < -0.4 is 10.6 Å². The van der Waals surface area contributed by atoms with Crippen molar-refractivity contribution in [3.63, 3.8) is 0 Å². The Hall–Kier alpha value is -2.17. The highest BCUT2D eigenvalue weighted by molar-refractivity contribution is 5.58. The zero-order valence-corrected chi connectivity index (χ0v) is 13.8. The van der Waals surface area contributed by atoms with Crippen LogP contribution in [0.15, 0.2) is 30.5 Å². The molecule has 0 unspecified atom stereocenters. The molecule has 1 aliphatic rings. The quantitative estimate of drug-likeness (QED) is 0.806. The van der Waals surface area contributed by atoms with Crippen LogP contribution in [-0.4, -0.2) is 21.2 Å². The number of aryl methyl sites for hydroxylation is 1. The van der Waals surface area contributed by atoms with Crippen LogP contribution in [-0.2, 0) is 6.42 Å². The third-order valence-electron chi connectivity index (χ3n) is 4.41. The molecule has 0 saturated heterocycles. The minimum absolute atomic E-state index is 0.505. The van der Waals surface area contributed by atoms with Crippen LogP contribution in [0.25, 0.3) is 0 Å². The van der Waals surface area contributed by atoms with Crippen LogP contribution in [0.2, 0.25) is 0 Å². The summed E-state index contributed by atoms with van der Waals surface area (Å²) in [6.45, 7) is 2.14. The molecule has 1 fully saturated rings. The van der Waals surface area contributed by atoms with Gasteiger partial charge in [0.05, 0.1) is 6.20 Å². The number of hydrogen-bond acceptors (Lipinski definition) is 5. The number of para-hydroxylation sites is 1. The van der Waals surface area contributed by atoms with Crippen molar-refractivity contribution in [2.24, 2.45) is 0 Å². The molecule has 1 heterocycles. The molecule has 5 nitrogen and oxygen atoms in total. The third kappa shape index (κ3) is 4.41. The summed E-state index contributed by atoms with van der Waals surface area (Å²) in [5.41, 5.74) is 2.29. The number of anilines is 3. The Morgan fingerprint density at radius 3 is 2.65 bits per heavy atom. The second kappa shape index (κ2) is 7.90. The van der Waals surface area contributed by atoms with Crippen LogP contribution in [0.3, 0.4) is 0 Å². The van der Waals surface area contributed by atoms with Crippen molar-refractivity contribution in [3.8, 4) is 0 Å². The minimum Gasteiger partial charge on any atom is -0.366 e. The van der Waals surface area contributed by atoms with Gasteiger partial charge in [-0.05, 0) is 30.9 Å². The molecule has 1 aromatic carbocycles. The zero-order chi connectivity index (χ0) is 15.9. The Labute approximate surface area is 137 Å². The number of nitrogens with one attached hydrogen (secondary N) is 2. The number of aromatic nitrogens is 3. The Balaban J connectivity index is 1.69. The SMILES string of the molecule is CCc1ccccc1Nc1nncc(NC2CCCCCC2)n1. The van der Waals surface area contributed by atoms with Gasteiger partial charge < -0.3 is 10.6 Å². The van der Waals surface area contributed by atoms with E-state index in [1.807, 2.05) is 18.2 Å². The predicted molar refractivity (Wildman–Crippen MR) is 94.0 cm³/mol. The second-order valence-corrected chi connectivity index (χ2v) is 6.13. The predicted octanol–water partition coefficient (Wildman–Crippen LogP) is 4.31. The average Bonchev–Trinajstić information content (AvgIpc) is 2.84. The van der Waals surface area contributed by atoms with Crippen LogP contribution in [0.5, 0.6) is 0 Å². The molecule has 23 heavy (non-hydrogen) atoms.